The van der Waals surface area contributed by atoms with E-state index in [1.807, 2.05) is 42.5 Å². The number of rotatable bonds is 6. The molecule has 0 aliphatic heterocycles. The summed E-state index contributed by atoms with van der Waals surface area (Å²) in [5, 5.41) is 3.47. The van der Waals surface area contributed by atoms with Gasteiger partial charge in [0.05, 0.1) is 19.0 Å². The van der Waals surface area contributed by atoms with Crippen LogP contribution >= 0.6 is 22.9 Å². The van der Waals surface area contributed by atoms with E-state index in [0.717, 1.165) is 16.0 Å². The number of amides is 1. The van der Waals surface area contributed by atoms with E-state index in [2.05, 4.69) is 10.3 Å². The van der Waals surface area contributed by atoms with Gasteiger partial charge in [0, 0.05) is 22.0 Å². The molecule has 0 saturated heterocycles. The number of methoxy groups -OCH3 is 1. The maximum atomic E-state index is 12.8. The minimum absolute atomic E-state index is 0.106. The minimum atomic E-state index is -0.279. The summed E-state index contributed by atoms with van der Waals surface area (Å²) in [4.78, 5) is 30.5. The van der Waals surface area contributed by atoms with Gasteiger partial charge >= 0.3 is 0 Å². The first kappa shape index (κ1) is 20.1. The number of hydrogen-bond donors (Lipinski definition) is 1. The lowest BCUT2D eigenvalue weighted by Crippen LogP contribution is -2.32. The molecule has 0 unspecified atom stereocenters. The third-order valence-electron chi connectivity index (χ3n) is 4.62. The van der Waals surface area contributed by atoms with Gasteiger partial charge in [0.15, 0.2) is 0 Å². The van der Waals surface area contributed by atoms with Gasteiger partial charge in [0.25, 0.3) is 5.56 Å². The van der Waals surface area contributed by atoms with Crippen molar-refractivity contribution in [2.75, 3.05) is 7.11 Å². The second-order valence-corrected chi connectivity index (χ2v) is 8.09. The molecule has 0 aliphatic rings. The third kappa shape index (κ3) is 4.22. The number of nitrogens with zero attached hydrogens (tertiary/aromatic N) is 2. The van der Waals surface area contributed by atoms with Gasteiger partial charge in [-0.15, -0.1) is 11.3 Å². The van der Waals surface area contributed by atoms with E-state index in [1.165, 1.54) is 22.2 Å². The fourth-order valence-electron chi connectivity index (χ4n) is 3.07. The summed E-state index contributed by atoms with van der Waals surface area (Å²) in [6.07, 6.45) is 1.41. The lowest BCUT2D eigenvalue weighted by Gasteiger charge is -2.10. The number of hydrogen-bond acceptors (Lipinski definition) is 5. The molecule has 8 heteroatoms. The monoisotopic (exact) mass is 439 g/mol. The number of carbonyl (C=O) groups excluding carboxylic acids is 1. The Balaban J connectivity index is 1.51. The molecule has 4 aromatic rings. The quantitative estimate of drug-likeness (QED) is 0.490. The van der Waals surface area contributed by atoms with Crippen LogP contribution in [0.5, 0.6) is 5.75 Å². The van der Waals surface area contributed by atoms with Crippen LogP contribution in [0.15, 0.2) is 65.7 Å². The van der Waals surface area contributed by atoms with Crippen molar-refractivity contribution in [3.63, 3.8) is 0 Å². The van der Waals surface area contributed by atoms with Crippen molar-refractivity contribution in [1.29, 1.82) is 0 Å². The average Bonchev–Trinajstić information content (AvgIpc) is 3.20. The van der Waals surface area contributed by atoms with Crippen LogP contribution in [0.1, 0.15) is 5.56 Å². The molecule has 0 atom stereocenters. The molecule has 0 saturated carbocycles. The van der Waals surface area contributed by atoms with Gasteiger partial charge in [-0.25, -0.2) is 4.98 Å². The minimum Gasteiger partial charge on any atom is -0.496 e. The van der Waals surface area contributed by atoms with Gasteiger partial charge in [-0.3, -0.25) is 14.2 Å². The lowest BCUT2D eigenvalue weighted by molar-refractivity contribution is -0.121. The van der Waals surface area contributed by atoms with Crippen LogP contribution < -0.4 is 15.6 Å². The molecule has 2 aromatic carbocycles. The normalized spacial score (nSPS) is 10.9. The first-order valence-corrected chi connectivity index (χ1v) is 10.4. The summed E-state index contributed by atoms with van der Waals surface area (Å²) in [5.41, 5.74) is 2.20. The van der Waals surface area contributed by atoms with Gasteiger partial charge in [0.1, 0.15) is 17.0 Å². The highest BCUT2D eigenvalue weighted by Crippen LogP contribution is 2.31. The maximum Gasteiger partial charge on any atom is 0.271 e. The number of ether oxygens (including phenoxy) is 1. The van der Waals surface area contributed by atoms with Crippen LogP contribution in [-0.2, 0) is 17.9 Å². The van der Waals surface area contributed by atoms with Crippen LogP contribution in [0.25, 0.3) is 20.7 Å². The van der Waals surface area contributed by atoms with Gasteiger partial charge in [-0.2, -0.15) is 0 Å². The topological polar surface area (TPSA) is 73.2 Å². The predicted molar refractivity (Wildman–Crippen MR) is 119 cm³/mol. The zero-order valence-electron chi connectivity index (χ0n) is 16.1. The van der Waals surface area contributed by atoms with Gasteiger partial charge in [-0.1, -0.05) is 41.9 Å². The number of halogens is 1. The Morgan fingerprint density at radius 3 is 2.73 bits per heavy atom. The Kier molecular flexibility index (Phi) is 5.83. The third-order valence-corrected chi connectivity index (χ3v) is 6.03. The Bertz CT molecular complexity index is 1260. The molecule has 1 amide bonds. The number of fused-ring (bicyclic) bond motifs is 1. The SMILES string of the molecule is COc1ccccc1CNC(=O)Cn1cnc2cc(-c3ccc(Cl)cc3)sc2c1=O. The Morgan fingerprint density at radius 2 is 1.97 bits per heavy atom. The molecule has 0 spiro atoms. The van der Waals surface area contributed by atoms with E-state index >= 15 is 0 Å². The largest absolute Gasteiger partial charge is 0.496 e. The molecule has 2 heterocycles. The van der Waals surface area contributed by atoms with Crippen LogP contribution in [0.3, 0.4) is 0 Å². The van der Waals surface area contributed by atoms with Crippen molar-refractivity contribution >= 4 is 39.1 Å². The number of aromatic nitrogens is 2. The number of nitrogens with one attached hydrogen (secondary N) is 1. The van der Waals surface area contributed by atoms with Crippen molar-refractivity contribution in [3.05, 3.63) is 81.9 Å². The van der Waals surface area contributed by atoms with Gasteiger partial charge in [0.2, 0.25) is 5.91 Å². The molecule has 152 valence electrons. The van der Waals surface area contributed by atoms with Crippen molar-refractivity contribution in [3.8, 4) is 16.2 Å². The Labute approximate surface area is 181 Å². The van der Waals surface area contributed by atoms with E-state index in [-0.39, 0.29) is 18.0 Å². The maximum absolute atomic E-state index is 12.8. The van der Waals surface area contributed by atoms with E-state index in [4.69, 9.17) is 16.3 Å². The second kappa shape index (κ2) is 8.69. The van der Waals surface area contributed by atoms with E-state index in [9.17, 15) is 9.59 Å². The highest BCUT2D eigenvalue weighted by atomic mass is 35.5. The molecular formula is C22H18ClN3O3S. The summed E-state index contributed by atoms with van der Waals surface area (Å²) in [5.74, 6) is 0.421. The van der Waals surface area contributed by atoms with Crippen LogP contribution in [-0.4, -0.2) is 22.6 Å². The van der Waals surface area contributed by atoms with Crippen LogP contribution in [0.4, 0.5) is 0 Å². The van der Waals surface area contributed by atoms with E-state index in [1.54, 1.807) is 19.2 Å². The smallest absolute Gasteiger partial charge is 0.271 e. The van der Waals surface area contributed by atoms with Crippen molar-refractivity contribution < 1.29 is 9.53 Å². The molecule has 1 N–H and O–H groups in total. The number of benzene rings is 2. The summed E-state index contributed by atoms with van der Waals surface area (Å²) in [6, 6.07) is 16.7. The Morgan fingerprint density at radius 1 is 1.20 bits per heavy atom. The fourth-order valence-corrected chi connectivity index (χ4v) is 4.26. The zero-order chi connectivity index (χ0) is 21.1. The zero-order valence-corrected chi connectivity index (χ0v) is 17.7. The molecular weight excluding hydrogens is 422 g/mol. The van der Waals surface area contributed by atoms with Gasteiger partial charge in [-0.05, 0) is 29.8 Å². The molecule has 30 heavy (non-hydrogen) atoms. The lowest BCUT2D eigenvalue weighted by atomic mass is 10.2. The van der Waals surface area contributed by atoms with E-state index in [0.29, 0.717) is 27.5 Å². The van der Waals surface area contributed by atoms with Crippen LogP contribution in [0, 0.1) is 0 Å². The summed E-state index contributed by atoms with van der Waals surface area (Å²) >= 11 is 7.30. The first-order chi connectivity index (χ1) is 14.5. The average molecular weight is 440 g/mol. The van der Waals surface area contributed by atoms with E-state index < -0.39 is 0 Å². The highest BCUT2D eigenvalue weighted by molar-refractivity contribution is 7.22. The molecule has 0 fully saturated rings. The number of carbonyl (C=O) groups is 1. The van der Waals surface area contributed by atoms with Crippen molar-refractivity contribution in [2.45, 2.75) is 13.1 Å². The summed E-state index contributed by atoms with van der Waals surface area (Å²) in [6.45, 7) is 0.206. The molecule has 6 nitrogen and oxygen atoms in total. The van der Waals surface area contributed by atoms with Crippen molar-refractivity contribution in [1.82, 2.24) is 14.9 Å². The van der Waals surface area contributed by atoms with Crippen LogP contribution in [0.2, 0.25) is 5.02 Å². The number of para-hydroxylation sites is 1. The standard InChI is InChI=1S/C22H18ClN3O3S/c1-29-18-5-3-2-4-15(18)11-24-20(27)12-26-13-25-17-10-19(30-21(17)22(26)28)14-6-8-16(23)9-7-14/h2-10,13H,11-12H2,1H3,(H,24,27). The molecule has 0 radical (unpaired) electrons. The number of thiophene rings is 1. The predicted octanol–water partition coefficient (Wildman–Crippen LogP) is 4.10. The molecule has 0 aliphatic carbocycles. The van der Waals surface area contributed by atoms with Crippen molar-refractivity contribution in [2.24, 2.45) is 0 Å². The molecule has 0 bridgehead atoms. The second-order valence-electron chi connectivity index (χ2n) is 6.60. The highest BCUT2D eigenvalue weighted by Gasteiger charge is 2.13. The summed E-state index contributed by atoms with van der Waals surface area (Å²) < 4.78 is 7.12. The summed E-state index contributed by atoms with van der Waals surface area (Å²) in [7, 11) is 1.58. The molecule has 4 rings (SSSR count). The molecule has 2 aromatic heterocycles. The fraction of sp³-hybridized carbons (Fsp3) is 0.136. The Hall–Kier alpha value is -3.16. The first-order valence-electron chi connectivity index (χ1n) is 9.18. The van der Waals surface area contributed by atoms with Gasteiger partial charge < -0.3 is 10.1 Å².